The van der Waals surface area contributed by atoms with Crippen LogP contribution < -0.4 is 0 Å². The molecule has 0 bridgehead atoms. The van der Waals surface area contributed by atoms with Crippen molar-refractivity contribution in [2.24, 2.45) is 0 Å². The van der Waals surface area contributed by atoms with E-state index in [-0.39, 0.29) is 0 Å². The standard InChI is InChI=1S/C9H22O4P2S2/c1-5-10-14(11-6-2)16-9-17-15(12-7-3)13-8-4/h5-9H2,1-4H3. The van der Waals surface area contributed by atoms with Crippen LogP contribution in [0.25, 0.3) is 0 Å². The van der Waals surface area contributed by atoms with Crippen LogP contribution in [0.5, 0.6) is 0 Å². The Morgan fingerprint density at radius 2 is 0.941 bits per heavy atom. The quantitative estimate of drug-likeness (QED) is 0.372. The molecule has 0 aliphatic carbocycles. The van der Waals surface area contributed by atoms with Crippen molar-refractivity contribution in [3.63, 3.8) is 0 Å². The van der Waals surface area contributed by atoms with Crippen LogP contribution in [0.2, 0.25) is 0 Å². The molecule has 0 aromatic rings. The largest absolute Gasteiger partial charge is 0.326 e. The van der Waals surface area contributed by atoms with Gasteiger partial charge in [0, 0.05) is 0 Å². The average Bonchev–Trinajstić information content (AvgIpc) is 2.30. The molecule has 4 nitrogen and oxygen atoms in total. The van der Waals surface area contributed by atoms with Gasteiger partial charge in [-0.3, -0.25) is 0 Å². The summed E-state index contributed by atoms with van der Waals surface area (Å²) in [5.41, 5.74) is 0. The molecule has 0 amide bonds. The second-order valence-corrected chi connectivity index (χ2v) is 9.22. The van der Waals surface area contributed by atoms with Gasteiger partial charge in [0.2, 0.25) is 15.2 Å². The SMILES string of the molecule is CCOP(OCC)SCSP(OCC)OCC. The lowest BCUT2D eigenvalue weighted by atomic mass is 10.9. The highest BCUT2D eigenvalue weighted by molar-refractivity contribution is 8.63. The van der Waals surface area contributed by atoms with Gasteiger partial charge in [-0.1, -0.05) is 22.8 Å². The summed E-state index contributed by atoms with van der Waals surface area (Å²) in [6.07, 6.45) is 0. The zero-order valence-electron chi connectivity index (χ0n) is 10.9. The third kappa shape index (κ3) is 11.0. The van der Waals surface area contributed by atoms with E-state index in [0.29, 0.717) is 26.4 Å². The molecule has 0 fully saturated rings. The summed E-state index contributed by atoms with van der Waals surface area (Å²) in [7, 11) is -1.63. The number of hydrogen-bond acceptors (Lipinski definition) is 6. The maximum atomic E-state index is 5.50. The van der Waals surface area contributed by atoms with Crippen LogP contribution in [-0.2, 0) is 18.1 Å². The molecule has 0 radical (unpaired) electrons. The van der Waals surface area contributed by atoms with Crippen molar-refractivity contribution in [3.8, 4) is 0 Å². The van der Waals surface area contributed by atoms with Crippen molar-refractivity contribution in [2.75, 3.05) is 31.5 Å². The summed E-state index contributed by atoms with van der Waals surface area (Å²) in [6, 6.07) is 0. The molecule has 0 saturated carbocycles. The van der Waals surface area contributed by atoms with E-state index < -0.39 is 15.2 Å². The van der Waals surface area contributed by atoms with Crippen molar-refractivity contribution >= 4 is 37.9 Å². The molecule has 8 heteroatoms. The van der Waals surface area contributed by atoms with Crippen LogP contribution in [0.3, 0.4) is 0 Å². The van der Waals surface area contributed by atoms with E-state index in [2.05, 4.69) is 0 Å². The van der Waals surface area contributed by atoms with Crippen LogP contribution in [0, 0.1) is 0 Å². The highest BCUT2D eigenvalue weighted by Gasteiger charge is 2.14. The lowest BCUT2D eigenvalue weighted by Gasteiger charge is -2.17. The Kier molecular flexibility index (Phi) is 15.0. The highest BCUT2D eigenvalue weighted by atomic mass is 32.8. The summed E-state index contributed by atoms with van der Waals surface area (Å²) in [5.74, 6) is 0. The molecule has 0 saturated heterocycles. The fraction of sp³-hybridized carbons (Fsp3) is 1.00. The highest BCUT2D eigenvalue weighted by Crippen LogP contribution is 2.59. The van der Waals surface area contributed by atoms with E-state index >= 15 is 0 Å². The molecule has 17 heavy (non-hydrogen) atoms. The van der Waals surface area contributed by atoms with E-state index in [1.807, 2.05) is 27.7 Å². The van der Waals surface area contributed by atoms with Gasteiger partial charge in [0.05, 0.1) is 31.5 Å². The molecule has 0 rings (SSSR count). The van der Waals surface area contributed by atoms with Crippen molar-refractivity contribution in [2.45, 2.75) is 27.7 Å². The summed E-state index contributed by atoms with van der Waals surface area (Å²) in [5, 5.41) is 0.872. The second kappa shape index (κ2) is 13.8. The monoisotopic (exact) mass is 320 g/mol. The molecule has 0 atom stereocenters. The van der Waals surface area contributed by atoms with E-state index in [1.54, 1.807) is 22.8 Å². The molecule has 0 unspecified atom stereocenters. The van der Waals surface area contributed by atoms with Crippen molar-refractivity contribution in [1.29, 1.82) is 0 Å². The Labute approximate surface area is 115 Å². The Balaban J connectivity index is 3.73. The predicted molar refractivity (Wildman–Crippen MR) is 80.4 cm³/mol. The van der Waals surface area contributed by atoms with Crippen LogP contribution in [0.1, 0.15) is 27.7 Å². The van der Waals surface area contributed by atoms with Gasteiger partial charge in [-0.25, -0.2) is 0 Å². The molecule has 0 aromatic carbocycles. The van der Waals surface area contributed by atoms with Crippen LogP contribution in [-0.4, -0.2) is 31.5 Å². The Morgan fingerprint density at radius 3 is 1.18 bits per heavy atom. The van der Waals surface area contributed by atoms with Crippen LogP contribution in [0.15, 0.2) is 0 Å². The third-order valence-corrected chi connectivity index (χ3v) is 8.82. The molecule has 0 aliphatic heterocycles. The van der Waals surface area contributed by atoms with E-state index in [9.17, 15) is 0 Å². The zero-order valence-corrected chi connectivity index (χ0v) is 14.3. The van der Waals surface area contributed by atoms with E-state index in [0.717, 1.165) is 5.08 Å². The zero-order chi connectivity index (χ0) is 12.9. The Morgan fingerprint density at radius 1 is 0.647 bits per heavy atom. The average molecular weight is 320 g/mol. The molecule has 0 N–H and O–H groups in total. The Hall–Kier alpha value is 1.40. The van der Waals surface area contributed by atoms with Gasteiger partial charge in [-0.2, -0.15) is 0 Å². The minimum absolute atomic E-state index is 0.690. The summed E-state index contributed by atoms with van der Waals surface area (Å²) in [4.78, 5) is 0. The second-order valence-electron chi connectivity index (χ2n) is 2.49. The topological polar surface area (TPSA) is 36.9 Å². The van der Waals surface area contributed by atoms with Crippen molar-refractivity contribution in [3.05, 3.63) is 0 Å². The lowest BCUT2D eigenvalue weighted by molar-refractivity contribution is 0.283. The van der Waals surface area contributed by atoms with Crippen LogP contribution >= 0.6 is 37.9 Å². The first-order chi connectivity index (χ1) is 8.28. The first kappa shape index (κ1) is 18.4. The van der Waals surface area contributed by atoms with Crippen LogP contribution in [0.4, 0.5) is 0 Å². The molecular formula is C9H22O4P2S2. The normalized spacial score (nSPS) is 11.6. The molecule has 0 heterocycles. The summed E-state index contributed by atoms with van der Waals surface area (Å²) in [6.45, 7) is 10.7. The maximum Gasteiger partial charge on any atom is 0.238 e. The first-order valence-electron chi connectivity index (χ1n) is 5.66. The molecule has 0 aliphatic rings. The van der Waals surface area contributed by atoms with Gasteiger partial charge < -0.3 is 18.1 Å². The minimum atomic E-state index is -0.815. The molecule has 0 aromatic heterocycles. The van der Waals surface area contributed by atoms with Gasteiger partial charge in [-0.05, 0) is 27.7 Å². The van der Waals surface area contributed by atoms with Gasteiger partial charge in [0.15, 0.2) is 0 Å². The first-order valence-corrected chi connectivity index (χ1v) is 11.2. The fourth-order valence-electron chi connectivity index (χ4n) is 0.755. The van der Waals surface area contributed by atoms with Gasteiger partial charge >= 0.3 is 0 Å². The number of rotatable bonds is 12. The Bertz CT molecular complexity index is 140. The molecule has 104 valence electrons. The maximum absolute atomic E-state index is 5.50. The van der Waals surface area contributed by atoms with E-state index in [4.69, 9.17) is 18.1 Å². The summed E-state index contributed by atoms with van der Waals surface area (Å²) < 4.78 is 22.0. The van der Waals surface area contributed by atoms with E-state index in [1.165, 1.54) is 0 Å². The molecule has 0 spiro atoms. The third-order valence-electron chi connectivity index (χ3n) is 1.25. The van der Waals surface area contributed by atoms with Gasteiger partial charge in [0.25, 0.3) is 0 Å². The van der Waals surface area contributed by atoms with Crippen molar-refractivity contribution in [1.82, 2.24) is 0 Å². The lowest BCUT2D eigenvalue weighted by Crippen LogP contribution is -1.89. The minimum Gasteiger partial charge on any atom is -0.326 e. The van der Waals surface area contributed by atoms with Gasteiger partial charge in [-0.15, -0.1) is 0 Å². The van der Waals surface area contributed by atoms with Crippen molar-refractivity contribution < 1.29 is 18.1 Å². The van der Waals surface area contributed by atoms with Gasteiger partial charge in [0.1, 0.15) is 0 Å². The number of hydrogen-bond donors (Lipinski definition) is 0. The molecular weight excluding hydrogens is 298 g/mol. The smallest absolute Gasteiger partial charge is 0.238 e. The summed E-state index contributed by atoms with van der Waals surface area (Å²) >= 11 is 3.38. The fourth-order valence-corrected chi connectivity index (χ4v) is 8.33. The predicted octanol–water partition coefficient (Wildman–Crippen LogP) is 5.01.